The molecule has 1 heterocycles. The third-order valence-electron chi connectivity index (χ3n) is 3.27. The fourth-order valence-electron chi connectivity index (χ4n) is 2.41. The Hall–Kier alpha value is -2.05. The normalized spacial score (nSPS) is 18.4. The van der Waals surface area contributed by atoms with E-state index in [1.54, 1.807) is 0 Å². The van der Waals surface area contributed by atoms with Gasteiger partial charge < -0.3 is 10.0 Å². The number of benzene rings is 1. The lowest BCUT2D eigenvalue weighted by Gasteiger charge is -2.23. The summed E-state index contributed by atoms with van der Waals surface area (Å²) in [7, 11) is 0. The van der Waals surface area contributed by atoms with Gasteiger partial charge in [0, 0.05) is 24.7 Å². The summed E-state index contributed by atoms with van der Waals surface area (Å²) in [5.74, 6) is -5.71. The van der Waals surface area contributed by atoms with Crippen molar-refractivity contribution in [2.24, 2.45) is 0 Å². The Labute approximate surface area is 112 Å². The molecule has 1 fully saturated rings. The van der Waals surface area contributed by atoms with Crippen LogP contribution in [-0.2, 0) is 4.79 Å². The SMILES string of the molecule is O=C(O)CC1CCCN1C(=O)c1c(F)cc(F)cc1F. The fourth-order valence-corrected chi connectivity index (χ4v) is 2.41. The van der Waals surface area contributed by atoms with Gasteiger partial charge in [0.2, 0.25) is 0 Å². The topological polar surface area (TPSA) is 57.6 Å². The molecule has 4 nitrogen and oxygen atoms in total. The van der Waals surface area contributed by atoms with E-state index in [2.05, 4.69) is 0 Å². The van der Waals surface area contributed by atoms with E-state index >= 15 is 0 Å². The molecular formula is C13H12F3NO3. The number of aliphatic carboxylic acids is 1. The van der Waals surface area contributed by atoms with Gasteiger partial charge in [0.15, 0.2) is 0 Å². The highest BCUT2D eigenvalue weighted by atomic mass is 19.1. The molecule has 20 heavy (non-hydrogen) atoms. The van der Waals surface area contributed by atoms with E-state index in [0.29, 0.717) is 25.0 Å². The predicted octanol–water partition coefficient (Wildman–Crippen LogP) is 2.18. The fraction of sp³-hybridized carbons (Fsp3) is 0.385. The summed E-state index contributed by atoms with van der Waals surface area (Å²) < 4.78 is 39.9. The lowest BCUT2D eigenvalue weighted by Crippen LogP contribution is -2.37. The second-order valence-electron chi connectivity index (χ2n) is 4.64. The van der Waals surface area contributed by atoms with Crippen molar-refractivity contribution in [1.82, 2.24) is 4.90 Å². The van der Waals surface area contributed by atoms with Crippen molar-refractivity contribution in [3.05, 3.63) is 35.1 Å². The number of carbonyl (C=O) groups is 2. The maximum Gasteiger partial charge on any atom is 0.305 e. The van der Waals surface area contributed by atoms with E-state index in [9.17, 15) is 22.8 Å². The first-order valence-corrected chi connectivity index (χ1v) is 6.07. The minimum absolute atomic E-state index is 0.229. The summed E-state index contributed by atoms with van der Waals surface area (Å²) in [6.45, 7) is 0.229. The smallest absolute Gasteiger partial charge is 0.305 e. The molecule has 1 aromatic rings. The molecule has 1 saturated heterocycles. The molecule has 1 atom stereocenters. The molecule has 108 valence electrons. The molecule has 1 amide bonds. The Bertz CT molecular complexity index is 539. The van der Waals surface area contributed by atoms with Gasteiger partial charge in [0.1, 0.15) is 23.0 Å². The summed E-state index contributed by atoms with van der Waals surface area (Å²) in [6.07, 6.45) is 0.743. The number of carboxylic acids is 1. The minimum Gasteiger partial charge on any atom is -0.481 e. The largest absolute Gasteiger partial charge is 0.481 e. The Kier molecular flexibility index (Phi) is 3.96. The highest BCUT2D eigenvalue weighted by Gasteiger charge is 2.33. The van der Waals surface area contributed by atoms with Gasteiger partial charge in [-0.25, -0.2) is 13.2 Å². The molecule has 0 radical (unpaired) electrons. The van der Waals surface area contributed by atoms with Gasteiger partial charge >= 0.3 is 5.97 Å². The van der Waals surface area contributed by atoms with Crippen LogP contribution in [0, 0.1) is 17.5 Å². The average Bonchev–Trinajstić information content (AvgIpc) is 2.74. The molecule has 0 spiro atoms. The summed E-state index contributed by atoms with van der Waals surface area (Å²) in [4.78, 5) is 24.0. The Morgan fingerprint density at radius 1 is 1.25 bits per heavy atom. The standard InChI is InChI=1S/C13H12F3NO3/c14-7-4-9(15)12(10(16)5-7)13(20)17-3-1-2-8(17)6-11(18)19/h4-5,8H,1-3,6H2,(H,18,19). The average molecular weight is 287 g/mol. The molecule has 1 unspecified atom stereocenters. The summed E-state index contributed by atoms with van der Waals surface area (Å²) in [5.41, 5.74) is -0.844. The number of carbonyl (C=O) groups excluding carboxylic acids is 1. The van der Waals surface area contributed by atoms with E-state index in [4.69, 9.17) is 5.11 Å². The molecule has 0 saturated carbocycles. The van der Waals surface area contributed by atoms with E-state index < -0.39 is 40.9 Å². The van der Waals surface area contributed by atoms with Gasteiger partial charge in [0.25, 0.3) is 5.91 Å². The molecule has 0 aromatic heterocycles. The number of likely N-dealkylation sites (tertiary alicyclic amines) is 1. The molecule has 1 aromatic carbocycles. The molecule has 0 aliphatic carbocycles. The predicted molar refractivity (Wildman–Crippen MR) is 62.6 cm³/mol. The Balaban J connectivity index is 2.29. The molecule has 1 aliphatic heterocycles. The van der Waals surface area contributed by atoms with Crippen LogP contribution in [0.1, 0.15) is 29.6 Å². The van der Waals surface area contributed by atoms with Crippen LogP contribution in [-0.4, -0.2) is 34.5 Å². The van der Waals surface area contributed by atoms with Crippen molar-refractivity contribution >= 4 is 11.9 Å². The van der Waals surface area contributed by atoms with Crippen molar-refractivity contribution in [3.8, 4) is 0 Å². The minimum atomic E-state index is -1.28. The molecule has 1 N–H and O–H groups in total. The van der Waals surface area contributed by atoms with Crippen molar-refractivity contribution in [1.29, 1.82) is 0 Å². The molecule has 1 aliphatic rings. The summed E-state index contributed by atoms with van der Waals surface area (Å²) in [6, 6.07) is 0.265. The van der Waals surface area contributed by atoms with Gasteiger partial charge in [0.05, 0.1) is 6.42 Å². The first kappa shape index (κ1) is 14.4. The summed E-state index contributed by atoms with van der Waals surface area (Å²) in [5, 5.41) is 8.75. The molecular weight excluding hydrogens is 275 g/mol. The van der Waals surface area contributed by atoms with Crippen molar-refractivity contribution in [2.75, 3.05) is 6.54 Å². The molecule has 2 rings (SSSR count). The zero-order valence-electron chi connectivity index (χ0n) is 10.4. The van der Waals surface area contributed by atoms with Crippen LogP contribution in [0.25, 0.3) is 0 Å². The van der Waals surface area contributed by atoms with Crippen LogP contribution in [0.2, 0.25) is 0 Å². The van der Waals surface area contributed by atoms with Crippen molar-refractivity contribution in [2.45, 2.75) is 25.3 Å². The molecule has 7 heteroatoms. The van der Waals surface area contributed by atoms with Gasteiger partial charge in [-0.2, -0.15) is 0 Å². The first-order valence-electron chi connectivity index (χ1n) is 6.07. The van der Waals surface area contributed by atoms with Crippen LogP contribution >= 0.6 is 0 Å². The molecule has 0 bridgehead atoms. The number of carboxylic acid groups (broad SMARTS) is 1. The van der Waals surface area contributed by atoms with Gasteiger partial charge in [-0.1, -0.05) is 0 Å². The number of rotatable bonds is 3. The van der Waals surface area contributed by atoms with Crippen LogP contribution in [0.3, 0.4) is 0 Å². The zero-order valence-corrected chi connectivity index (χ0v) is 10.4. The first-order chi connectivity index (χ1) is 9.40. The van der Waals surface area contributed by atoms with Crippen LogP contribution in [0.15, 0.2) is 12.1 Å². The highest BCUT2D eigenvalue weighted by Crippen LogP contribution is 2.25. The Morgan fingerprint density at radius 2 is 1.85 bits per heavy atom. The van der Waals surface area contributed by atoms with E-state index in [1.165, 1.54) is 0 Å². The van der Waals surface area contributed by atoms with E-state index in [1.807, 2.05) is 0 Å². The maximum atomic E-state index is 13.6. The third-order valence-corrected chi connectivity index (χ3v) is 3.27. The van der Waals surface area contributed by atoms with Crippen LogP contribution in [0.5, 0.6) is 0 Å². The number of hydrogen-bond acceptors (Lipinski definition) is 2. The monoisotopic (exact) mass is 287 g/mol. The third kappa shape index (κ3) is 2.76. The maximum absolute atomic E-state index is 13.6. The van der Waals surface area contributed by atoms with E-state index in [-0.39, 0.29) is 13.0 Å². The quantitative estimate of drug-likeness (QED) is 0.927. The number of halogens is 3. The van der Waals surface area contributed by atoms with Crippen LogP contribution < -0.4 is 0 Å². The second kappa shape index (κ2) is 5.52. The van der Waals surface area contributed by atoms with Gasteiger partial charge in [-0.05, 0) is 12.8 Å². The van der Waals surface area contributed by atoms with E-state index in [0.717, 1.165) is 4.90 Å². The number of nitrogens with zero attached hydrogens (tertiary/aromatic N) is 1. The Morgan fingerprint density at radius 3 is 2.40 bits per heavy atom. The lowest BCUT2D eigenvalue weighted by atomic mass is 10.1. The van der Waals surface area contributed by atoms with Crippen LogP contribution in [0.4, 0.5) is 13.2 Å². The number of amides is 1. The summed E-state index contributed by atoms with van der Waals surface area (Å²) >= 11 is 0. The highest BCUT2D eigenvalue weighted by molar-refractivity contribution is 5.95. The zero-order chi connectivity index (χ0) is 14.9. The lowest BCUT2D eigenvalue weighted by molar-refractivity contribution is -0.137. The van der Waals surface area contributed by atoms with Crippen molar-refractivity contribution < 1.29 is 27.9 Å². The number of hydrogen-bond donors (Lipinski definition) is 1. The second-order valence-corrected chi connectivity index (χ2v) is 4.64. The van der Waals surface area contributed by atoms with Gasteiger partial charge in [-0.3, -0.25) is 9.59 Å². The van der Waals surface area contributed by atoms with Gasteiger partial charge in [-0.15, -0.1) is 0 Å². The van der Waals surface area contributed by atoms with Crippen molar-refractivity contribution in [3.63, 3.8) is 0 Å².